The Balaban J connectivity index is 2.09. The summed E-state index contributed by atoms with van der Waals surface area (Å²) < 4.78 is 5.31. The summed E-state index contributed by atoms with van der Waals surface area (Å²) in [5.41, 5.74) is 0. The van der Waals surface area contributed by atoms with Crippen LogP contribution in [0.15, 0.2) is 0 Å². The predicted molar refractivity (Wildman–Crippen MR) is 42.7 cm³/mol. The summed E-state index contributed by atoms with van der Waals surface area (Å²) in [6, 6.07) is 0. The van der Waals surface area contributed by atoms with Crippen molar-refractivity contribution in [3.63, 3.8) is 0 Å². The number of amides is 1. The van der Waals surface area contributed by atoms with E-state index in [1.54, 1.807) is 0 Å². The second-order valence-electron chi connectivity index (χ2n) is 2.66. The van der Waals surface area contributed by atoms with Gasteiger partial charge in [0.15, 0.2) is 0 Å². The smallest absolute Gasteiger partial charge is 0.245 e. The van der Waals surface area contributed by atoms with Gasteiger partial charge in [-0.05, 0) is 0 Å². The molecule has 1 atom stereocenters. The molecule has 0 aromatic heterocycles. The van der Waals surface area contributed by atoms with Crippen molar-refractivity contribution in [2.24, 2.45) is 0 Å². The van der Waals surface area contributed by atoms with Crippen LogP contribution in [0.5, 0.6) is 0 Å². The Hall–Kier alpha value is -0.650. The second-order valence-corrected chi connectivity index (χ2v) is 2.66. The molecule has 1 aliphatic heterocycles. The number of carbonyl (C=O) groups is 1. The van der Waals surface area contributed by atoms with E-state index in [9.17, 15) is 4.79 Å². The topological polar surface area (TPSA) is 70.6 Å². The molecule has 0 aliphatic carbocycles. The fourth-order valence-corrected chi connectivity index (χ4v) is 1.03. The van der Waals surface area contributed by atoms with Gasteiger partial charge in [-0.25, -0.2) is 0 Å². The number of ether oxygens (including phenoxy) is 1. The lowest BCUT2D eigenvalue weighted by Crippen LogP contribution is -2.45. The zero-order chi connectivity index (χ0) is 8.81. The van der Waals surface area contributed by atoms with E-state index in [1.165, 1.54) is 0 Å². The Kier molecular flexibility index (Phi) is 3.99. The monoisotopic (exact) mass is 174 g/mol. The number of carbonyl (C=O) groups excluding carboxylic acids is 1. The maximum Gasteiger partial charge on any atom is 0.245 e. The van der Waals surface area contributed by atoms with Crippen LogP contribution in [0.3, 0.4) is 0 Å². The van der Waals surface area contributed by atoms with Gasteiger partial charge in [-0.1, -0.05) is 0 Å². The molecule has 1 amide bonds. The minimum atomic E-state index is -0.458. The molecule has 12 heavy (non-hydrogen) atoms. The molecule has 3 N–H and O–H groups in total. The van der Waals surface area contributed by atoms with Crippen LogP contribution in [0.2, 0.25) is 0 Å². The first-order valence-electron chi connectivity index (χ1n) is 4.03. The maximum absolute atomic E-state index is 10.6. The van der Waals surface area contributed by atoms with Gasteiger partial charge in [-0.15, -0.1) is 0 Å². The summed E-state index contributed by atoms with van der Waals surface area (Å²) in [7, 11) is 0. The Labute approximate surface area is 71.1 Å². The van der Waals surface area contributed by atoms with Gasteiger partial charge in [0.25, 0.3) is 0 Å². The summed E-state index contributed by atoms with van der Waals surface area (Å²) in [6.07, 6.45) is 0.0363. The van der Waals surface area contributed by atoms with Gasteiger partial charge in [-0.3, -0.25) is 4.79 Å². The molecule has 1 heterocycles. The third kappa shape index (κ3) is 3.17. The minimum absolute atomic E-state index is 0.0363. The molecule has 5 nitrogen and oxygen atoms in total. The normalized spacial score (nSPS) is 23.6. The summed E-state index contributed by atoms with van der Waals surface area (Å²) >= 11 is 0. The zero-order valence-corrected chi connectivity index (χ0v) is 6.88. The van der Waals surface area contributed by atoms with Crippen molar-refractivity contribution in [3.05, 3.63) is 0 Å². The molecule has 0 aromatic rings. The number of morpholine rings is 1. The van der Waals surface area contributed by atoms with Crippen LogP contribution in [0.4, 0.5) is 0 Å². The first-order chi connectivity index (χ1) is 5.83. The van der Waals surface area contributed by atoms with Crippen LogP contribution in [0.25, 0.3) is 0 Å². The molecule has 5 heteroatoms. The Morgan fingerprint density at radius 1 is 1.75 bits per heavy atom. The molecule has 1 fully saturated rings. The molecule has 1 saturated heterocycles. The number of hydrogen-bond donors (Lipinski definition) is 3. The van der Waals surface area contributed by atoms with Crippen LogP contribution in [0, 0.1) is 0 Å². The van der Waals surface area contributed by atoms with Crippen LogP contribution in [-0.2, 0) is 9.53 Å². The second kappa shape index (κ2) is 5.08. The number of aliphatic hydroxyl groups excluding tert-OH is 1. The Bertz CT molecular complexity index is 146. The van der Waals surface area contributed by atoms with Crippen molar-refractivity contribution in [2.75, 3.05) is 32.8 Å². The standard InChI is InChI=1S/C7H14N2O3/c10-5-7(11)9-4-6-3-8-1-2-12-6/h6,8,10H,1-5H2,(H,9,11). The summed E-state index contributed by atoms with van der Waals surface area (Å²) in [5.74, 6) is -0.357. The van der Waals surface area contributed by atoms with Crippen molar-refractivity contribution in [1.82, 2.24) is 10.6 Å². The fourth-order valence-electron chi connectivity index (χ4n) is 1.03. The largest absolute Gasteiger partial charge is 0.387 e. The first kappa shape index (κ1) is 9.44. The summed E-state index contributed by atoms with van der Waals surface area (Å²) in [4.78, 5) is 10.6. The fraction of sp³-hybridized carbons (Fsp3) is 0.857. The molecule has 1 aliphatic rings. The van der Waals surface area contributed by atoms with Crippen molar-refractivity contribution >= 4 is 5.91 Å². The highest BCUT2D eigenvalue weighted by molar-refractivity contribution is 5.76. The lowest BCUT2D eigenvalue weighted by molar-refractivity contribution is -0.124. The Morgan fingerprint density at radius 3 is 3.17 bits per heavy atom. The van der Waals surface area contributed by atoms with E-state index in [0.29, 0.717) is 13.2 Å². The molecule has 0 bridgehead atoms. The van der Waals surface area contributed by atoms with Crippen molar-refractivity contribution in [3.8, 4) is 0 Å². The van der Waals surface area contributed by atoms with Crippen LogP contribution < -0.4 is 10.6 Å². The van der Waals surface area contributed by atoms with Crippen molar-refractivity contribution in [1.29, 1.82) is 0 Å². The van der Waals surface area contributed by atoms with E-state index in [-0.39, 0.29) is 12.0 Å². The predicted octanol–water partition coefficient (Wildman–Crippen LogP) is -1.92. The third-order valence-electron chi connectivity index (χ3n) is 1.67. The van der Waals surface area contributed by atoms with E-state index in [0.717, 1.165) is 13.1 Å². The molecule has 70 valence electrons. The third-order valence-corrected chi connectivity index (χ3v) is 1.67. The average Bonchev–Trinajstić information content (AvgIpc) is 2.16. The summed E-state index contributed by atoms with van der Waals surface area (Å²) in [5, 5.41) is 14.1. The molecular weight excluding hydrogens is 160 g/mol. The van der Waals surface area contributed by atoms with E-state index in [2.05, 4.69) is 10.6 Å². The molecule has 1 rings (SSSR count). The van der Waals surface area contributed by atoms with Crippen LogP contribution in [0.1, 0.15) is 0 Å². The molecule has 0 spiro atoms. The van der Waals surface area contributed by atoms with Crippen molar-refractivity contribution < 1.29 is 14.6 Å². The van der Waals surface area contributed by atoms with Gasteiger partial charge < -0.3 is 20.5 Å². The number of aliphatic hydroxyl groups is 1. The van der Waals surface area contributed by atoms with Gasteiger partial charge in [0.1, 0.15) is 6.61 Å². The van der Waals surface area contributed by atoms with E-state index in [1.807, 2.05) is 0 Å². The average molecular weight is 174 g/mol. The number of rotatable bonds is 3. The maximum atomic E-state index is 10.6. The highest BCUT2D eigenvalue weighted by Gasteiger charge is 2.13. The van der Waals surface area contributed by atoms with Crippen molar-refractivity contribution in [2.45, 2.75) is 6.10 Å². The minimum Gasteiger partial charge on any atom is -0.387 e. The van der Waals surface area contributed by atoms with E-state index >= 15 is 0 Å². The molecule has 0 radical (unpaired) electrons. The summed E-state index contributed by atoms with van der Waals surface area (Å²) in [6.45, 7) is 2.31. The van der Waals surface area contributed by atoms with Gasteiger partial charge in [-0.2, -0.15) is 0 Å². The van der Waals surface area contributed by atoms with Gasteiger partial charge in [0, 0.05) is 19.6 Å². The van der Waals surface area contributed by atoms with Gasteiger partial charge in [0.05, 0.1) is 12.7 Å². The highest BCUT2D eigenvalue weighted by atomic mass is 16.5. The van der Waals surface area contributed by atoms with E-state index in [4.69, 9.17) is 9.84 Å². The number of nitrogens with one attached hydrogen (secondary N) is 2. The molecule has 0 aromatic carbocycles. The molecular formula is C7H14N2O3. The van der Waals surface area contributed by atoms with Crippen LogP contribution in [-0.4, -0.2) is 50.0 Å². The SMILES string of the molecule is O=C(CO)NCC1CNCCO1. The lowest BCUT2D eigenvalue weighted by Gasteiger charge is -2.23. The van der Waals surface area contributed by atoms with Gasteiger partial charge >= 0.3 is 0 Å². The lowest BCUT2D eigenvalue weighted by atomic mass is 10.3. The quantitative estimate of drug-likeness (QED) is 0.466. The Morgan fingerprint density at radius 2 is 2.58 bits per heavy atom. The zero-order valence-electron chi connectivity index (χ0n) is 6.88. The van der Waals surface area contributed by atoms with E-state index < -0.39 is 6.61 Å². The first-order valence-corrected chi connectivity index (χ1v) is 4.03. The number of hydrogen-bond acceptors (Lipinski definition) is 4. The highest BCUT2D eigenvalue weighted by Crippen LogP contribution is 1.93. The molecule has 1 unspecified atom stereocenters. The van der Waals surface area contributed by atoms with Crippen LogP contribution >= 0.6 is 0 Å². The molecule has 0 saturated carbocycles. The van der Waals surface area contributed by atoms with Gasteiger partial charge in [0.2, 0.25) is 5.91 Å².